The van der Waals surface area contributed by atoms with Crippen LogP contribution >= 0.6 is 12.2 Å². The van der Waals surface area contributed by atoms with E-state index in [4.69, 9.17) is 17.0 Å². The van der Waals surface area contributed by atoms with Gasteiger partial charge in [0.1, 0.15) is 5.75 Å². The van der Waals surface area contributed by atoms with Gasteiger partial charge in [0.15, 0.2) is 5.11 Å². The van der Waals surface area contributed by atoms with Gasteiger partial charge in [0, 0.05) is 25.3 Å². The summed E-state index contributed by atoms with van der Waals surface area (Å²) in [5.41, 5.74) is 2.84. The third kappa shape index (κ3) is 7.16. The lowest BCUT2D eigenvalue weighted by molar-refractivity contribution is -0.274. The van der Waals surface area contributed by atoms with Gasteiger partial charge in [0.25, 0.3) is 0 Å². The van der Waals surface area contributed by atoms with Gasteiger partial charge in [-0.1, -0.05) is 29.8 Å². The summed E-state index contributed by atoms with van der Waals surface area (Å²) in [4.78, 5) is 2.31. The number of anilines is 1. The maximum atomic E-state index is 12.3. The van der Waals surface area contributed by atoms with Gasteiger partial charge in [0.2, 0.25) is 0 Å². The van der Waals surface area contributed by atoms with E-state index in [1.807, 2.05) is 6.92 Å². The van der Waals surface area contributed by atoms with Gasteiger partial charge in [-0.2, -0.15) is 0 Å². The van der Waals surface area contributed by atoms with Crippen molar-refractivity contribution in [3.05, 3.63) is 59.7 Å². The first-order valence-electron chi connectivity index (χ1n) is 9.58. The number of alkyl halides is 3. The van der Waals surface area contributed by atoms with Crippen LogP contribution in [0.25, 0.3) is 0 Å². The lowest BCUT2D eigenvalue weighted by Crippen LogP contribution is -2.44. The van der Waals surface area contributed by atoms with Crippen molar-refractivity contribution in [1.29, 1.82) is 0 Å². The third-order valence-electron chi connectivity index (χ3n) is 4.68. The molecule has 1 atom stereocenters. The average molecular weight is 440 g/mol. The molecular weight excluding hydrogens is 415 g/mol. The van der Waals surface area contributed by atoms with Crippen molar-refractivity contribution in [3.8, 4) is 5.75 Å². The van der Waals surface area contributed by atoms with E-state index >= 15 is 0 Å². The molecule has 0 radical (unpaired) electrons. The van der Waals surface area contributed by atoms with Crippen LogP contribution in [0.3, 0.4) is 0 Å². The van der Waals surface area contributed by atoms with E-state index in [0.29, 0.717) is 24.0 Å². The van der Waals surface area contributed by atoms with E-state index in [9.17, 15) is 13.2 Å². The van der Waals surface area contributed by atoms with E-state index in [-0.39, 0.29) is 11.8 Å². The molecule has 0 spiro atoms. The van der Waals surface area contributed by atoms with Crippen LogP contribution in [0.2, 0.25) is 0 Å². The number of ether oxygens (including phenoxy) is 2. The summed E-state index contributed by atoms with van der Waals surface area (Å²) >= 11 is 5.45. The van der Waals surface area contributed by atoms with Crippen molar-refractivity contribution in [3.63, 3.8) is 0 Å². The number of nitrogens with zero attached hydrogens (tertiary/aromatic N) is 1. The summed E-state index contributed by atoms with van der Waals surface area (Å²) in [5.74, 6) is -0.281. The molecule has 9 heteroatoms. The van der Waals surface area contributed by atoms with E-state index < -0.39 is 6.36 Å². The van der Waals surface area contributed by atoms with E-state index in [2.05, 4.69) is 44.5 Å². The van der Waals surface area contributed by atoms with E-state index in [1.165, 1.54) is 29.8 Å². The molecule has 1 aliphatic rings. The lowest BCUT2D eigenvalue weighted by atomic mass is 10.0. The molecule has 30 heavy (non-hydrogen) atoms. The molecule has 1 unspecified atom stereocenters. The zero-order valence-corrected chi connectivity index (χ0v) is 17.4. The molecule has 5 nitrogen and oxygen atoms in total. The highest BCUT2D eigenvalue weighted by molar-refractivity contribution is 7.80. The Kier molecular flexibility index (Phi) is 7.52. The molecule has 0 amide bonds. The van der Waals surface area contributed by atoms with Crippen LogP contribution < -0.4 is 15.4 Å². The van der Waals surface area contributed by atoms with Crippen LogP contribution in [0.1, 0.15) is 17.2 Å². The zero-order valence-electron chi connectivity index (χ0n) is 16.5. The summed E-state index contributed by atoms with van der Waals surface area (Å²) < 4.78 is 46.2. The Hall–Kier alpha value is -2.36. The number of hydrogen-bond acceptors (Lipinski definition) is 4. The average Bonchev–Trinajstić information content (AvgIpc) is 2.69. The first kappa shape index (κ1) is 22.3. The minimum Gasteiger partial charge on any atom is -0.406 e. The van der Waals surface area contributed by atoms with Crippen molar-refractivity contribution in [1.82, 2.24) is 10.2 Å². The van der Waals surface area contributed by atoms with Crippen molar-refractivity contribution >= 4 is 23.0 Å². The van der Waals surface area contributed by atoms with Crippen molar-refractivity contribution in [2.24, 2.45) is 0 Å². The highest BCUT2D eigenvalue weighted by atomic mass is 32.1. The Morgan fingerprint density at radius 1 is 1.10 bits per heavy atom. The Morgan fingerprint density at radius 3 is 2.33 bits per heavy atom. The number of nitrogens with one attached hydrogen (secondary N) is 2. The predicted molar refractivity (Wildman–Crippen MR) is 114 cm³/mol. The van der Waals surface area contributed by atoms with Crippen LogP contribution in [0.4, 0.5) is 18.9 Å². The SMILES string of the molecule is Cc1ccc(C(CN2CCOCC2)NC(=S)Nc2ccc(OC(F)(F)F)cc2)cc1. The fraction of sp³-hybridized carbons (Fsp3) is 0.381. The first-order valence-corrected chi connectivity index (χ1v) is 9.99. The van der Waals surface area contributed by atoms with E-state index in [1.54, 1.807) is 0 Å². The molecule has 3 rings (SSSR count). The molecule has 2 aromatic carbocycles. The fourth-order valence-corrected chi connectivity index (χ4v) is 3.40. The topological polar surface area (TPSA) is 45.8 Å². The van der Waals surface area contributed by atoms with Crippen molar-refractivity contribution in [2.45, 2.75) is 19.3 Å². The number of rotatable bonds is 6. The van der Waals surface area contributed by atoms with Gasteiger partial charge >= 0.3 is 6.36 Å². The predicted octanol–water partition coefficient (Wildman–Crippen LogP) is 4.25. The second-order valence-electron chi connectivity index (χ2n) is 7.05. The fourth-order valence-electron chi connectivity index (χ4n) is 3.14. The van der Waals surface area contributed by atoms with Crippen LogP contribution in [-0.2, 0) is 4.74 Å². The number of aryl methyl sites for hydroxylation is 1. The molecule has 162 valence electrons. The lowest BCUT2D eigenvalue weighted by Gasteiger charge is -2.31. The van der Waals surface area contributed by atoms with Gasteiger partial charge in [-0.05, 0) is 49.0 Å². The minimum absolute atomic E-state index is 0.0449. The van der Waals surface area contributed by atoms with Crippen LogP contribution in [-0.4, -0.2) is 49.2 Å². The Labute approximate surface area is 179 Å². The number of halogens is 3. The number of morpholine rings is 1. The summed E-state index contributed by atoms with van der Waals surface area (Å²) in [6.45, 7) is 5.90. The zero-order chi connectivity index (χ0) is 21.6. The highest BCUT2D eigenvalue weighted by Crippen LogP contribution is 2.24. The smallest absolute Gasteiger partial charge is 0.406 e. The first-order chi connectivity index (χ1) is 14.3. The second kappa shape index (κ2) is 10.1. The Bertz CT molecular complexity index is 823. The third-order valence-corrected chi connectivity index (χ3v) is 4.90. The van der Waals surface area contributed by atoms with Gasteiger partial charge in [-0.15, -0.1) is 13.2 Å². The number of hydrogen-bond donors (Lipinski definition) is 2. The minimum atomic E-state index is -4.72. The number of benzene rings is 2. The van der Waals surface area contributed by atoms with Gasteiger partial charge in [-0.25, -0.2) is 0 Å². The molecule has 2 N–H and O–H groups in total. The maximum Gasteiger partial charge on any atom is 0.573 e. The number of thiocarbonyl (C=S) groups is 1. The molecular formula is C21H24F3N3O2S. The molecule has 2 aromatic rings. The van der Waals surface area contributed by atoms with Gasteiger partial charge < -0.3 is 20.1 Å². The molecule has 1 aliphatic heterocycles. The summed E-state index contributed by atoms with van der Waals surface area (Å²) in [5, 5.41) is 6.74. The normalized spacial score (nSPS) is 16.0. The molecule has 0 aliphatic carbocycles. The summed E-state index contributed by atoms with van der Waals surface area (Å²) in [6, 6.07) is 13.6. The van der Waals surface area contributed by atoms with Crippen LogP contribution in [0.15, 0.2) is 48.5 Å². The molecule has 1 saturated heterocycles. The summed E-state index contributed by atoms with van der Waals surface area (Å²) in [7, 11) is 0. The van der Waals surface area contributed by atoms with Crippen molar-refractivity contribution in [2.75, 3.05) is 38.2 Å². The maximum absolute atomic E-state index is 12.3. The molecule has 0 bridgehead atoms. The molecule has 1 fully saturated rings. The Morgan fingerprint density at radius 2 is 1.73 bits per heavy atom. The summed E-state index contributed by atoms with van der Waals surface area (Å²) in [6.07, 6.45) is -4.72. The molecule has 0 saturated carbocycles. The van der Waals surface area contributed by atoms with Crippen LogP contribution in [0, 0.1) is 6.92 Å². The van der Waals surface area contributed by atoms with Gasteiger partial charge in [0.05, 0.1) is 19.3 Å². The van der Waals surface area contributed by atoms with Crippen LogP contribution in [0.5, 0.6) is 5.75 Å². The monoisotopic (exact) mass is 439 g/mol. The van der Waals surface area contributed by atoms with Crippen molar-refractivity contribution < 1.29 is 22.6 Å². The largest absolute Gasteiger partial charge is 0.573 e. The quantitative estimate of drug-likeness (QED) is 0.656. The van der Waals surface area contributed by atoms with E-state index in [0.717, 1.165) is 25.2 Å². The molecule has 0 aromatic heterocycles. The Balaban J connectivity index is 1.64. The second-order valence-corrected chi connectivity index (χ2v) is 7.46. The standard InChI is InChI=1S/C21H24F3N3O2S/c1-15-2-4-16(5-3-15)19(14-27-10-12-28-13-11-27)26-20(30)25-17-6-8-18(9-7-17)29-21(22,23)24/h2-9,19H,10-14H2,1H3,(H2,25,26,30). The molecule has 1 heterocycles. The highest BCUT2D eigenvalue weighted by Gasteiger charge is 2.31. The van der Waals surface area contributed by atoms with Gasteiger partial charge in [-0.3, -0.25) is 4.90 Å².